The number of nitrogens with one attached hydrogen (secondary N) is 1. The SMILES string of the molecule is Cl.Cl.FC(F)(F)c1ccc(Br)c(CN2CCNCC2)c1. The lowest BCUT2D eigenvalue weighted by Crippen LogP contribution is -2.42. The Balaban J connectivity index is 0.00000180. The maximum Gasteiger partial charge on any atom is 0.416 e. The molecule has 0 bridgehead atoms. The minimum atomic E-state index is -4.28. The van der Waals surface area contributed by atoms with Crippen LogP contribution in [0, 0.1) is 0 Å². The van der Waals surface area contributed by atoms with Crippen molar-refractivity contribution in [1.82, 2.24) is 10.2 Å². The molecule has 1 aromatic rings. The average Bonchev–Trinajstić information content (AvgIpc) is 2.32. The van der Waals surface area contributed by atoms with Crippen LogP contribution in [0.15, 0.2) is 22.7 Å². The lowest BCUT2D eigenvalue weighted by Gasteiger charge is -2.27. The number of hydrogen-bond acceptors (Lipinski definition) is 2. The Morgan fingerprint density at radius 3 is 2.30 bits per heavy atom. The van der Waals surface area contributed by atoms with Crippen molar-refractivity contribution in [2.24, 2.45) is 0 Å². The highest BCUT2D eigenvalue weighted by molar-refractivity contribution is 9.10. The molecular weight excluding hydrogens is 380 g/mol. The summed E-state index contributed by atoms with van der Waals surface area (Å²) in [4.78, 5) is 2.15. The summed E-state index contributed by atoms with van der Waals surface area (Å²) in [5.41, 5.74) is 0.0996. The largest absolute Gasteiger partial charge is 0.416 e. The van der Waals surface area contributed by atoms with E-state index in [4.69, 9.17) is 0 Å². The van der Waals surface area contributed by atoms with E-state index in [-0.39, 0.29) is 24.8 Å². The Labute approximate surface area is 137 Å². The fourth-order valence-electron chi connectivity index (χ4n) is 1.98. The molecule has 1 fully saturated rings. The molecule has 116 valence electrons. The van der Waals surface area contributed by atoms with Crippen molar-refractivity contribution in [3.63, 3.8) is 0 Å². The molecule has 0 aromatic heterocycles. The number of nitrogens with zero attached hydrogens (tertiary/aromatic N) is 1. The van der Waals surface area contributed by atoms with Gasteiger partial charge in [-0.2, -0.15) is 13.2 Å². The summed E-state index contributed by atoms with van der Waals surface area (Å²) in [6, 6.07) is 3.80. The van der Waals surface area contributed by atoms with Crippen LogP contribution in [-0.2, 0) is 12.7 Å². The lowest BCUT2D eigenvalue weighted by atomic mass is 10.1. The first-order valence-electron chi connectivity index (χ1n) is 5.75. The quantitative estimate of drug-likeness (QED) is 0.820. The summed E-state index contributed by atoms with van der Waals surface area (Å²) >= 11 is 3.31. The van der Waals surface area contributed by atoms with Gasteiger partial charge in [0.2, 0.25) is 0 Å². The van der Waals surface area contributed by atoms with E-state index < -0.39 is 11.7 Å². The molecule has 0 aliphatic carbocycles. The van der Waals surface area contributed by atoms with Gasteiger partial charge in [-0.3, -0.25) is 4.90 Å². The van der Waals surface area contributed by atoms with Gasteiger partial charge >= 0.3 is 6.18 Å². The number of benzene rings is 1. The van der Waals surface area contributed by atoms with Crippen LogP contribution < -0.4 is 5.32 Å². The van der Waals surface area contributed by atoms with E-state index in [1.165, 1.54) is 12.1 Å². The van der Waals surface area contributed by atoms with E-state index in [0.29, 0.717) is 12.1 Å². The van der Waals surface area contributed by atoms with Crippen molar-refractivity contribution >= 4 is 40.7 Å². The number of halogens is 6. The molecule has 0 radical (unpaired) electrons. The molecule has 2 rings (SSSR count). The first-order chi connectivity index (χ1) is 8.47. The van der Waals surface area contributed by atoms with Gasteiger partial charge in [0.1, 0.15) is 0 Å². The number of alkyl halides is 3. The van der Waals surface area contributed by atoms with Gasteiger partial charge in [0, 0.05) is 37.2 Å². The van der Waals surface area contributed by atoms with Crippen molar-refractivity contribution in [2.75, 3.05) is 26.2 Å². The van der Waals surface area contributed by atoms with Gasteiger partial charge in [0.15, 0.2) is 0 Å². The van der Waals surface area contributed by atoms with Crippen molar-refractivity contribution in [1.29, 1.82) is 0 Å². The van der Waals surface area contributed by atoms with Gasteiger partial charge in [-0.15, -0.1) is 24.8 Å². The van der Waals surface area contributed by atoms with E-state index >= 15 is 0 Å². The molecular formula is C12H16BrCl2F3N2. The molecule has 1 aliphatic heterocycles. The van der Waals surface area contributed by atoms with E-state index in [2.05, 4.69) is 26.1 Å². The molecule has 1 heterocycles. The molecule has 0 amide bonds. The standard InChI is InChI=1S/C12H14BrF3N2.2ClH/c13-11-2-1-10(12(14,15)16)7-9(11)8-18-5-3-17-4-6-18;;/h1-2,7,17H,3-6,8H2;2*1H. The molecule has 1 N–H and O–H groups in total. The third-order valence-corrected chi connectivity index (χ3v) is 3.75. The van der Waals surface area contributed by atoms with Crippen molar-refractivity contribution in [3.8, 4) is 0 Å². The topological polar surface area (TPSA) is 15.3 Å². The van der Waals surface area contributed by atoms with Crippen LogP contribution in [0.4, 0.5) is 13.2 Å². The van der Waals surface area contributed by atoms with Gasteiger partial charge < -0.3 is 5.32 Å². The molecule has 0 atom stereocenters. The van der Waals surface area contributed by atoms with Gasteiger partial charge in [-0.25, -0.2) is 0 Å². The maximum absolute atomic E-state index is 12.6. The predicted molar refractivity (Wildman–Crippen MR) is 81.8 cm³/mol. The Kier molecular flexibility index (Phi) is 8.43. The fourth-order valence-corrected chi connectivity index (χ4v) is 2.35. The van der Waals surface area contributed by atoms with Crippen LogP contribution in [0.3, 0.4) is 0 Å². The van der Waals surface area contributed by atoms with E-state index in [9.17, 15) is 13.2 Å². The highest BCUT2D eigenvalue weighted by atomic mass is 79.9. The number of piperazine rings is 1. The molecule has 1 aliphatic rings. The average molecular weight is 396 g/mol. The Morgan fingerprint density at radius 2 is 1.75 bits per heavy atom. The molecule has 0 saturated carbocycles. The Morgan fingerprint density at radius 1 is 1.15 bits per heavy atom. The molecule has 2 nitrogen and oxygen atoms in total. The Bertz CT molecular complexity index is 424. The Hall–Kier alpha value is -0.0100. The third kappa shape index (κ3) is 5.41. The van der Waals surface area contributed by atoms with Gasteiger partial charge in [-0.05, 0) is 23.8 Å². The highest BCUT2D eigenvalue weighted by Gasteiger charge is 2.31. The minimum absolute atomic E-state index is 0. The van der Waals surface area contributed by atoms with Gasteiger partial charge in [-0.1, -0.05) is 15.9 Å². The minimum Gasteiger partial charge on any atom is -0.314 e. The molecule has 1 aromatic carbocycles. The van der Waals surface area contributed by atoms with Gasteiger partial charge in [0.25, 0.3) is 0 Å². The fraction of sp³-hybridized carbons (Fsp3) is 0.500. The van der Waals surface area contributed by atoms with Crippen LogP contribution in [0.5, 0.6) is 0 Å². The molecule has 1 saturated heterocycles. The molecule has 0 unspecified atom stereocenters. The summed E-state index contributed by atoms with van der Waals surface area (Å²) in [7, 11) is 0. The third-order valence-electron chi connectivity index (χ3n) is 2.98. The van der Waals surface area contributed by atoms with E-state index in [1.807, 2.05) is 0 Å². The maximum atomic E-state index is 12.6. The smallest absolute Gasteiger partial charge is 0.314 e. The zero-order valence-electron chi connectivity index (χ0n) is 10.5. The van der Waals surface area contributed by atoms with Crippen LogP contribution in [-0.4, -0.2) is 31.1 Å². The van der Waals surface area contributed by atoms with E-state index in [1.54, 1.807) is 0 Å². The highest BCUT2D eigenvalue weighted by Crippen LogP contribution is 2.32. The van der Waals surface area contributed by atoms with Crippen molar-refractivity contribution in [3.05, 3.63) is 33.8 Å². The lowest BCUT2D eigenvalue weighted by molar-refractivity contribution is -0.137. The summed E-state index contributed by atoms with van der Waals surface area (Å²) in [6.07, 6.45) is -4.28. The normalized spacial score (nSPS) is 16.2. The van der Waals surface area contributed by atoms with Crippen molar-refractivity contribution < 1.29 is 13.2 Å². The summed E-state index contributed by atoms with van der Waals surface area (Å²) in [5, 5.41) is 3.22. The number of rotatable bonds is 2. The van der Waals surface area contributed by atoms with Crippen molar-refractivity contribution in [2.45, 2.75) is 12.7 Å². The second-order valence-electron chi connectivity index (χ2n) is 4.33. The number of hydrogen-bond donors (Lipinski definition) is 1. The first-order valence-corrected chi connectivity index (χ1v) is 6.55. The second kappa shape index (κ2) is 8.44. The predicted octanol–water partition coefficient (Wildman–Crippen LogP) is 3.72. The first kappa shape index (κ1) is 20.0. The molecule has 8 heteroatoms. The van der Waals surface area contributed by atoms with E-state index in [0.717, 1.165) is 36.7 Å². The summed E-state index contributed by atoms with van der Waals surface area (Å²) in [5.74, 6) is 0. The summed E-state index contributed by atoms with van der Waals surface area (Å²) in [6.45, 7) is 4.05. The van der Waals surface area contributed by atoms with Crippen LogP contribution >= 0.6 is 40.7 Å². The second-order valence-corrected chi connectivity index (χ2v) is 5.18. The molecule has 20 heavy (non-hydrogen) atoms. The summed E-state index contributed by atoms with van der Waals surface area (Å²) < 4.78 is 38.6. The van der Waals surface area contributed by atoms with Crippen LogP contribution in [0.2, 0.25) is 0 Å². The van der Waals surface area contributed by atoms with Crippen LogP contribution in [0.25, 0.3) is 0 Å². The monoisotopic (exact) mass is 394 g/mol. The zero-order valence-corrected chi connectivity index (χ0v) is 13.8. The molecule has 0 spiro atoms. The zero-order chi connectivity index (χ0) is 13.2. The van der Waals surface area contributed by atoms with Crippen LogP contribution in [0.1, 0.15) is 11.1 Å². The van der Waals surface area contributed by atoms with Gasteiger partial charge in [0.05, 0.1) is 5.56 Å².